The second-order valence-corrected chi connectivity index (χ2v) is 8.96. The summed E-state index contributed by atoms with van der Waals surface area (Å²) in [5, 5.41) is 0. The molecule has 0 aromatic carbocycles. The molecule has 0 bridgehead atoms. The summed E-state index contributed by atoms with van der Waals surface area (Å²) < 4.78 is 2.49. The molecule has 13 heavy (non-hydrogen) atoms. The first kappa shape index (κ1) is 10.1. The van der Waals surface area contributed by atoms with E-state index in [1.165, 1.54) is 22.3 Å². The first-order valence-electron chi connectivity index (χ1n) is 6.21. The Hall–Kier alpha value is 0.558. The summed E-state index contributed by atoms with van der Waals surface area (Å²) in [7, 11) is 0. The van der Waals surface area contributed by atoms with Gasteiger partial charge in [-0.25, -0.2) is 0 Å². The maximum atomic E-state index is 1.61. The zero-order valence-electron chi connectivity index (χ0n) is 8.73. The van der Waals surface area contributed by atoms with Gasteiger partial charge in [-0.05, 0) is 0 Å². The zero-order chi connectivity index (χ0) is 8.93. The number of hydrogen-bond donors (Lipinski definition) is 0. The van der Waals surface area contributed by atoms with Crippen molar-refractivity contribution in [2.45, 2.75) is 73.6 Å². The first-order valence-corrected chi connectivity index (χ1v) is 8.63. The van der Waals surface area contributed by atoms with Gasteiger partial charge in [-0.1, -0.05) is 0 Å². The van der Waals surface area contributed by atoms with E-state index >= 15 is 0 Å². The van der Waals surface area contributed by atoms with Crippen molar-refractivity contribution in [1.29, 1.82) is 0 Å². The van der Waals surface area contributed by atoms with Crippen LogP contribution in [0, 0.1) is 0 Å². The van der Waals surface area contributed by atoms with Gasteiger partial charge in [-0.3, -0.25) is 0 Å². The van der Waals surface area contributed by atoms with Crippen LogP contribution in [0.25, 0.3) is 0 Å². The first-order chi connectivity index (χ1) is 6.45. The minimum atomic E-state index is 0.446. The van der Waals surface area contributed by atoms with Crippen molar-refractivity contribution in [3.8, 4) is 0 Å². The number of rotatable bonds is 2. The molecule has 0 aromatic rings. The van der Waals surface area contributed by atoms with Crippen LogP contribution in [0.5, 0.6) is 0 Å². The van der Waals surface area contributed by atoms with Gasteiger partial charge in [-0.2, -0.15) is 0 Å². The normalized spacial score (nSPS) is 27.7. The molecule has 1 heteroatoms. The molecule has 2 rings (SSSR count). The van der Waals surface area contributed by atoms with Crippen LogP contribution in [-0.2, 0) is 0 Å². The van der Waals surface area contributed by atoms with Crippen molar-refractivity contribution >= 4 is 15.8 Å². The quantitative estimate of drug-likeness (QED) is 0.644. The van der Waals surface area contributed by atoms with Crippen LogP contribution in [-0.4, -0.2) is 15.8 Å². The van der Waals surface area contributed by atoms with Gasteiger partial charge in [-0.15, -0.1) is 0 Å². The molecule has 0 nitrogen and oxygen atoms in total. The maximum absolute atomic E-state index is 1.61. The Balaban J connectivity index is 1.69. The van der Waals surface area contributed by atoms with Crippen LogP contribution in [0.1, 0.15) is 64.2 Å². The van der Waals surface area contributed by atoms with Crippen LogP contribution in [0.2, 0.25) is 9.41 Å². The van der Waals surface area contributed by atoms with Crippen LogP contribution in [0.4, 0.5) is 0 Å². The third kappa shape index (κ3) is 3.31. The Morgan fingerprint density at radius 1 is 0.538 bits per heavy atom. The van der Waals surface area contributed by atoms with Gasteiger partial charge >= 0.3 is 89.4 Å². The topological polar surface area (TPSA) is 0 Å². The summed E-state index contributed by atoms with van der Waals surface area (Å²) in [6.07, 6.45) is 15.7. The molecule has 0 N–H and O–H groups in total. The Kier molecular flexibility index (Phi) is 4.22. The van der Waals surface area contributed by atoms with Crippen molar-refractivity contribution in [2.75, 3.05) is 0 Å². The van der Waals surface area contributed by atoms with Gasteiger partial charge in [0, 0.05) is 0 Å². The fourth-order valence-corrected chi connectivity index (χ4v) is 7.38. The SMILES string of the molecule is C1CCC([AsH]C2CCCCC2)CC1. The van der Waals surface area contributed by atoms with E-state index in [9.17, 15) is 0 Å². The molecule has 0 radical (unpaired) electrons. The molecular weight excluding hydrogens is 219 g/mol. The van der Waals surface area contributed by atoms with Crippen molar-refractivity contribution in [3.63, 3.8) is 0 Å². The van der Waals surface area contributed by atoms with Crippen molar-refractivity contribution in [2.24, 2.45) is 0 Å². The molecular formula is C12H23As. The molecule has 0 amide bonds. The Bertz CT molecular complexity index is 116. The molecule has 0 heterocycles. The second kappa shape index (κ2) is 5.44. The van der Waals surface area contributed by atoms with Crippen LogP contribution >= 0.6 is 0 Å². The average Bonchev–Trinajstić information content (AvgIpc) is 2.21. The Morgan fingerprint density at radius 2 is 0.923 bits per heavy atom. The molecule has 0 unspecified atom stereocenters. The Labute approximate surface area is 89.6 Å². The summed E-state index contributed by atoms with van der Waals surface area (Å²) in [4.78, 5) is 0. The van der Waals surface area contributed by atoms with Gasteiger partial charge in [0.15, 0.2) is 0 Å². The van der Waals surface area contributed by atoms with Gasteiger partial charge in [0.2, 0.25) is 0 Å². The van der Waals surface area contributed by atoms with E-state index in [1.54, 1.807) is 51.4 Å². The van der Waals surface area contributed by atoms with Crippen molar-refractivity contribution in [3.05, 3.63) is 0 Å². The summed E-state index contributed by atoms with van der Waals surface area (Å²) >= 11 is 0.446. The monoisotopic (exact) mass is 242 g/mol. The average molecular weight is 242 g/mol. The van der Waals surface area contributed by atoms with E-state index < -0.39 is 0 Å². The van der Waals surface area contributed by atoms with Gasteiger partial charge < -0.3 is 0 Å². The Morgan fingerprint density at radius 3 is 1.31 bits per heavy atom. The molecule has 0 atom stereocenters. The van der Waals surface area contributed by atoms with Gasteiger partial charge in [0.05, 0.1) is 0 Å². The summed E-state index contributed by atoms with van der Waals surface area (Å²) in [6, 6.07) is 0. The molecule has 2 aliphatic carbocycles. The molecule has 2 aliphatic rings. The van der Waals surface area contributed by atoms with Crippen LogP contribution in [0.15, 0.2) is 0 Å². The predicted octanol–water partition coefficient (Wildman–Crippen LogP) is 3.93. The van der Waals surface area contributed by atoms with E-state index in [2.05, 4.69) is 0 Å². The van der Waals surface area contributed by atoms with Gasteiger partial charge in [0.25, 0.3) is 0 Å². The molecule has 2 fully saturated rings. The summed E-state index contributed by atoms with van der Waals surface area (Å²) in [5.74, 6) is 0. The summed E-state index contributed by atoms with van der Waals surface area (Å²) in [6.45, 7) is 0. The fraction of sp³-hybridized carbons (Fsp3) is 1.00. The number of hydrogen-bond acceptors (Lipinski definition) is 0. The van der Waals surface area contributed by atoms with E-state index in [0.29, 0.717) is 15.8 Å². The molecule has 0 aliphatic heterocycles. The minimum absolute atomic E-state index is 0.446. The summed E-state index contributed by atoms with van der Waals surface area (Å²) in [5.41, 5.74) is 0. The van der Waals surface area contributed by atoms with Crippen molar-refractivity contribution in [1.82, 2.24) is 0 Å². The third-order valence-corrected chi connectivity index (χ3v) is 8.08. The van der Waals surface area contributed by atoms with E-state index in [0.717, 1.165) is 0 Å². The predicted molar refractivity (Wildman–Crippen MR) is 60.8 cm³/mol. The third-order valence-electron chi connectivity index (χ3n) is 3.68. The molecule has 0 saturated heterocycles. The van der Waals surface area contributed by atoms with E-state index in [4.69, 9.17) is 0 Å². The molecule has 76 valence electrons. The zero-order valence-corrected chi connectivity index (χ0v) is 10.8. The van der Waals surface area contributed by atoms with Crippen molar-refractivity contribution < 1.29 is 0 Å². The molecule has 0 aromatic heterocycles. The van der Waals surface area contributed by atoms with Gasteiger partial charge in [0.1, 0.15) is 0 Å². The van der Waals surface area contributed by atoms with E-state index in [-0.39, 0.29) is 0 Å². The fourth-order valence-electron chi connectivity index (χ4n) is 2.87. The van der Waals surface area contributed by atoms with Crippen LogP contribution in [0.3, 0.4) is 0 Å². The standard InChI is InChI=1S/C12H23As/c1-3-7-11(8-4-1)13-12-9-5-2-6-10-12/h11-13H,1-10H2. The molecule has 0 spiro atoms. The second-order valence-electron chi connectivity index (χ2n) is 4.84. The molecule has 2 saturated carbocycles. The van der Waals surface area contributed by atoms with Crippen LogP contribution < -0.4 is 0 Å². The van der Waals surface area contributed by atoms with E-state index in [1.807, 2.05) is 0 Å².